The summed E-state index contributed by atoms with van der Waals surface area (Å²) in [6.45, 7) is 5.65. The van der Waals surface area contributed by atoms with Crippen LogP contribution in [0.5, 0.6) is 0 Å². The molecule has 14 heavy (non-hydrogen) atoms. The smallest absolute Gasteiger partial charge is 0.129 e. The SMILES string of the molecule is CCC(N)Cc1cc(C)c(F)c(C)c1. The van der Waals surface area contributed by atoms with Crippen molar-refractivity contribution in [1.29, 1.82) is 0 Å². The van der Waals surface area contributed by atoms with Gasteiger partial charge in [-0.1, -0.05) is 19.1 Å². The first kappa shape index (κ1) is 11.2. The van der Waals surface area contributed by atoms with Gasteiger partial charge in [0.25, 0.3) is 0 Å². The fraction of sp³-hybridized carbons (Fsp3) is 0.500. The largest absolute Gasteiger partial charge is 0.327 e. The molecular weight excluding hydrogens is 177 g/mol. The highest BCUT2D eigenvalue weighted by Crippen LogP contribution is 2.16. The molecule has 0 aliphatic carbocycles. The molecule has 0 aromatic heterocycles. The van der Waals surface area contributed by atoms with E-state index in [4.69, 9.17) is 5.73 Å². The maximum atomic E-state index is 13.3. The van der Waals surface area contributed by atoms with Crippen molar-refractivity contribution in [2.24, 2.45) is 5.73 Å². The Balaban J connectivity index is 2.89. The normalized spacial score (nSPS) is 12.9. The number of benzene rings is 1. The Morgan fingerprint density at radius 3 is 2.21 bits per heavy atom. The van der Waals surface area contributed by atoms with E-state index in [-0.39, 0.29) is 11.9 Å². The van der Waals surface area contributed by atoms with Crippen LogP contribution in [0.4, 0.5) is 4.39 Å². The third kappa shape index (κ3) is 2.55. The molecule has 0 fully saturated rings. The maximum Gasteiger partial charge on any atom is 0.129 e. The molecule has 0 spiro atoms. The van der Waals surface area contributed by atoms with E-state index < -0.39 is 0 Å². The molecule has 1 atom stereocenters. The van der Waals surface area contributed by atoms with Crippen LogP contribution in [0.15, 0.2) is 12.1 Å². The molecule has 78 valence electrons. The summed E-state index contributed by atoms with van der Waals surface area (Å²) in [6.07, 6.45) is 1.79. The Morgan fingerprint density at radius 1 is 1.29 bits per heavy atom. The van der Waals surface area contributed by atoms with Gasteiger partial charge >= 0.3 is 0 Å². The highest BCUT2D eigenvalue weighted by molar-refractivity contribution is 5.30. The van der Waals surface area contributed by atoms with E-state index in [1.165, 1.54) is 0 Å². The van der Waals surface area contributed by atoms with Crippen molar-refractivity contribution in [1.82, 2.24) is 0 Å². The van der Waals surface area contributed by atoms with Crippen molar-refractivity contribution in [2.45, 2.75) is 39.7 Å². The number of halogens is 1. The van der Waals surface area contributed by atoms with E-state index in [2.05, 4.69) is 6.92 Å². The molecule has 0 aliphatic rings. The van der Waals surface area contributed by atoms with Crippen LogP contribution in [0.2, 0.25) is 0 Å². The lowest BCUT2D eigenvalue weighted by atomic mass is 10.00. The van der Waals surface area contributed by atoms with Gasteiger partial charge in [0.05, 0.1) is 0 Å². The molecule has 1 rings (SSSR count). The summed E-state index contributed by atoms with van der Waals surface area (Å²) in [7, 11) is 0. The van der Waals surface area contributed by atoms with Crippen LogP contribution in [-0.2, 0) is 6.42 Å². The monoisotopic (exact) mass is 195 g/mol. The van der Waals surface area contributed by atoms with Gasteiger partial charge in [0.2, 0.25) is 0 Å². The van der Waals surface area contributed by atoms with Crippen molar-refractivity contribution in [3.63, 3.8) is 0 Å². The van der Waals surface area contributed by atoms with Crippen molar-refractivity contribution in [2.75, 3.05) is 0 Å². The van der Waals surface area contributed by atoms with Crippen molar-refractivity contribution >= 4 is 0 Å². The van der Waals surface area contributed by atoms with Crippen LogP contribution in [0.1, 0.15) is 30.0 Å². The Hall–Kier alpha value is -0.890. The summed E-state index contributed by atoms with van der Waals surface area (Å²) < 4.78 is 13.3. The molecular formula is C12H18FN. The minimum absolute atomic E-state index is 0.0983. The predicted octanol–water partition coefficient (Wildman–Crippen LogP) is 2.72. The van der Waals surface area contributed by atoms with E-state index >= 15 is 0 Å². The molecule has 0 amide bonds. The molecule has 1 unspecified atom stereocenters. The van der Waals surface area contributed by atoms with E-state index in [1.54, 1.807) is 13.8 Å². The van der Waals surface area contributed by atoms with E-state index in [0.717, 1.165) is 18.4 Å². The zero-order valence-corrected chi connectivity index (χ0v) is 9.10. The summed E-state index contributed by atoms with van der Waals surface area (Å²) in [5.74, 6) is -0.0983. The average molecular weight is 195 g/mol. The standard InChI is InChI=1S/C12H18FN/c1-4-11(14)7-10-5-8(2)12(13)9(3)6-10/h5-6,11H,4,7,14H2,1-3H3. The van der Waals surface area contributed by atoms with E-state index in [9.17, 15) is 4.39 Å². The lowest BCUT2D eigenvalue weighted by Crippen LogP contribution is -2.21. The van der Waals surface area contributed by atoms with Crippen LogP contribution < -0.4 is 5.73 Å². The molecule has 0 saturated carbocycles. The fourth-order valence-electron chi connectivity index (χ4n) is 1.60. The lowest BCUT2D eigenvalue weighted by molar-refractivity contribution is 0.604. The van der Waals surface area contributed by atoms with Crippen LogP contribution in [0.25, 0.3) is 0 Å². The second-order valence-electron chi connectivity index (χ2n) is 3.92. The first-order chi connectivity index (χ1) is 6.54. The zero-order chi connectivity index (χ0) is 10.7. The van der Waals surface area contributed by atoms with E-state index in [1.807, 2.05) is 12.1 Å². The topological polar surface area (TPSA) is 26.0 Å². The van der Waals surface area contributed by atoms with Gasteiger partial charge in [-0.25, -0.2) is 4.39 Å². The highest BCUT2D eigenvalue weighted by Gasteiger charge is 2.06. The van der Waals surface area contributed by atoms with Crippen molar-refractivity contribution in [3.05, 3.63) is 34.6 Å². The molecule has 2 heteroatoms. The first-order valence-electron chi connectivity index (χ1n) is 5.05. The molecule has 1 aromatic rings. The van der Waals surface area contributed by atoms with Crippen molar-refractivity contribution < 1.29 is 4.39 Å². The summed E-state index contributed by atoms with van der Waals surface area (Å²) in [4.78, 5) is 0. The van der Waals surface area contributed by atoms with Gasteiger partial charge in [0.15, 0.2) is 0 Å². The molecule has 0 aliphatic heterocycles. The summed E-state index contributed by atoms with van der Waals surface area (Å²) in [6, 6.07) is 3.95. The molecule has 0 radical (unpaired) electrons. The first-order valence-corrected chi connectivity index (χ1v) is 5.05. The van der Waals surface area contributed by atoms with Gasteiger partial charge in [-0.3, -0.25) is 0 Å². The van der Waals surface area contributed by atoms with Crippen LogP contribution in [-0.4, -0.2) is 6.04 Å². The lowest BCUT2D eigenvalue weighted by Gasteiger charge is -2.11. The Labute approximate surface area is 85.1 Å². The predicted molar refractivity (Wildman–Crippen MR) is 57.8 cm³/mol. The molecule has 2 N–H and O–H groups in total. The highest BCUT2D eigenvalue weighted by atomic mass is 19.1. The molecule has 1 aromatic carbocycles. The summed E-state index contributed by atoms with van der Waals surface area (Å²) in [5, 5.41) is 0. The number of aryl methyl sites for hydroxylation is 2. The third-order valence-electron chi connectivity index (χ3n) is 2.52. The summed E-state index contributed by atoms with van der Waals surface area (Å²) >= 11 is 0. The minimum atomic E-state index is -0.0983. The molecule has 0 saturated heterocycles. The van der Waals surface area contributed by atoms with Crippen LogP contribution in [0.3, 0.4) is 0 Å². The van der Waals surface area contributed by atoms with Gasteiger partial charge < -0.3 is 5.73 Å². The zero-order valence-electron chi connectivity index (χ0n) is 9.10. The van der Waals surface area contributed by atoms with Gasteiger partial charge in [-0.05, 0) is 43.4 Å². The molecule has 0 bridgehead atoms. The summed E-state index contributed by atoms with van der Waals surface area (Å²) in [5.41, 5.74) is 8.41. The molecule has 1 nitrogen and oxygen atoms in total. The van der Waals surface area contributed by atoms with Crippen molar-refractivity contribution in [3.8, 4) is 0 Å². The fourth-order valence-corrected chi connectivity index (χ4v) is 1.60. The quantitative estimate of drug-likeness (QED) is 0.788. The molecule has 0 heterocycles. The van der Waals surface area contributed by atoms with Crippen LogP contribution >= 0.6 is 0 Å². The maximum absolute atomic E-state index is 13.3. The number of hydrogen-bond donors (Lipinski definition) is 1. The third-order valence-corrected chi connectivity index (χ3v) is 2.52. The van der Waals surface area contributed by atoms with Gasteiger partial charge in [0, 0.05) is 6.04 Å². The van der Waals surface area contributed by atoms with Gasteiger partial charge in [-0.2, -0.15) is 0 Å². The minimum Gasteiger partial charge on any atom is -0.327 e. The van der Waals surface area contributed by atoms with Gasteiger partial charge in [0.1, 0.15) is 5.82 Å². The second-order valence-corrected chi connectivity index (χ2v) is 3.92. The van der Waals surface area contributed by atoms with Crippen LogP contribution in [0, 0.1) is 19.7 Å². The number of hydrogen-bond acceptors (Lipinski definition) is 1. The van der Waals surface area contributed by atoms with E-state index in [0.29, 0.717) is 11.1 Å². The van der Waals surface area contributed by atoms with Gasteiger partial charge in [-0.15, -0.1) is 0 Å². The number of nitrogens with two attached hydrogens (primary N) is 1. The average Bonchev–Trinajstić information content (AvgIpc) is 2.14. The Morgan fingerprint density at radius 2 is 1.79 bits per heavy atom. The Bertz CT molecular complexity index is 297. The number of rotatable bonds is 3. The Kier molecular flexibility index (Phi) is 3.64. The second kappa shape index (κ2) is 4.56.